The second kappa shape index (κ2) is 6.77. The first-order valence-electron chi connectivity index (χ1n) is 7.11. The largest absolute Gasteiger partial charge is 0.342 e. The van der Waals surface area contributed by atoms with Gasteiger partial charge in [0, 0.05) is 10.6 Å². The maximum atomic E-state index is 11.2. The maximum absolute atomic E-state index is 11.2. The lowest BCUT2D eigenvalue weighted by molar-refractivity contribution is -0.190. The van der Waals surface area contributed by atoms with Crippen molar-refractivity contribution in [3.63, 3.8) is 0 Å². The molecule has 8 nitrogen and oxygen atoms in total. The van der Waals surface area contributed by atoms with E-state index in [0.29, 0.717) is 5.02 Å². The fraction of sp³-hybridized carbons (Fsp3) is 0.429. The lowest BCUT2D eigenvalue weighted by Gasteiger charge is -2.28. The summed E-state index contributed by atoms with van der Waals surface area (Å²) in [6.45, 7) is 0.322. The monoisotopic (exact) mass is 373 g/mol. The number of halogens is 1. The summed E-state index contributed by atoms with van der Waals surface area (Å²) in [5.74, 6) is -1.12. The molecule has 0 N–H and O–H groups in total. The quantitative estimate of drug-likeness (QED) is 0.702. The minimum absolute atomic E-state index is 0.120. The molecule has 130 valence electrons. The third kappa shape index (κ3) is 4.11. The van der Waals surface area contributed by atoms with Crippen molar-refractivity contribution in [1.29, 1.82) is 0 Å². The van der Waals surface area contributed by atoms with Gasteiger partial charge < -0.3 is 9.47 Å². The molecule has 0 amide bonds. The van der Waals surface area contributed by atoms with Gasteiger partial charge in [-0.05, 0) is 12.1 Å². The smallest absolute Gasteiger partial charge is 0.264 e. The summed E-state index contributed by atoms with van der Waals surface area (Å²) in [7, 11) is -3.55. The van der Waals surface area contributed by atoms with E-state index in [1.165, 1.54) is 6.33 Å². The van der Waals surface area contributed by atoms with Crippen molar-refractivity contribution >= 4 is 21.7 Å². The van der Waals surface area contributed by atoms with Crippen LogP contribution in [0.2, 0.25) is 5.02 Å². The van der Waals surface area contributed by atoms with Gasteiger partial charge in [-0.25, -0.2) is 9.67 Å². The number of aromatic nitrogens is 3. The van der Waals surface area contributed by atoms with Gasteiger partial charge >= 0.3 is 0 Å². The molecule has 0 bridgehead atoms. The van der Waals surface area contributed by atoms with E-state index in [2.05, 4.69) is 10.1 Å². The molecule has 2 unspecified atom stereocenters. The van der Waals surface area contributed by atoms with E-state index >= 15 is 0 Å². The van der Waals surface area contributed by atoms with Crippen LogP contribution in [0.4, 0.5) is 0 Å². The van der Waals surface area contributed by atoms with E-state index in [1.54, 1.807) is 35.3 Å². The zero-order valence-corrected chi connectivity index (χ0v) is 14.4. The van der Waals surface area contributed by atoms with Gasteiger partial charge in [-0.3, -0.25) is 4.18 Å². The highest BCUT2D eigenvalue weighted by molar-refractivity contribution is 7.85. The van der Waals surface area contributed by atoms with E-state index in [9.17, 15) is 8.42 Å². The Hall–Kier alpha value is -1.52. The number of ether oxygens (including phenoxy) is 2. The Morgan fingerprint density at radius 2 is 2.17 bits per heavy atom. The van der Waals surface area contributed by atoms with E-state index < -0.39 is 22.0 Å². The number of nitrogens with zero attached hydrogens (tertiary/aromatic N) is 3. The maximum Gasteiger partial charge on any atom is 0.264 e. The summed E-state index contributed by atoms with van der Waals surface area (Å²) in [5.41, 5.74) is 0.740. The topological polar surface area (TPSA) is 92.5 Å². The van der Waals surface area contributed by atoms with Crippen molar-refractivity contribution in [1.82, 2.24) is 14.8 Å². The molecule has 10 heteroatoms. The van der Waals surface area contributed by atoms with Crippen LogP contribution < -0.4 is 0 Å². The Morgan fingerprint density at radius 3 is 2.79 bits per heavy atom. The first-order chi connectivity index (χ1) is 11.4. The van der Waals surface area contributed by atoms with Gasteiger partial charge in [-0.1, -0.05) is 23.7 Å². The third-order valence-electron chi connectivity index (χ3n) is 3.45. The highest BCUT2D eigenvalue weighted by Crippen LogP contribution is 2.36. The van der Waals surface area contributed by atoms with E-state index in [4.69, 9.17) is 25.3 Å². The van der Waals surface area contributed by atoms with Gasteiger partial charge in [0.15, 0.2) is 0 Å². The molecule has 1 fully saturated rings. The zero-order valence-electron chi connectivity index (χ0n) is 12.8. The van der Waals surface area contributed by atoms with Crippen molar-refractivity contribution in [2.75, 3.05) is 19.5 Å². The Kier molecular flexibility index (Phi) is 4.88. The zero-order chi connectivity index (χ0) is 17.2. The Balaban J connectivity index is 1.82. The van der Waals surface area contributed by atoms with Gasteiger partial charge in [0.05, 0.1) is 19.5 Å². The van der Waals surface area contributed by atoms with Crippen LogP contribution in [0, 0.1) is 0 Å². The van der Waals surface area contributed by atoms with Gasteiger partial charge in [-0.15, -0.1) is 0 Å². The summed E-state index contributed by atoms with van der Waals surface area (Å²) < 4.78 is 40.6. The molecule has 3 rings (SSSR count). The lowest BCUT2D eigenvalue weighted by Crippen LogP contribution is -2.34. The average molecular weight is 374 g/mol. The molecule has 1 aliphatic heterocycles. The molecule has 1 saturated heterocycles. The molecule has 1 aliphatic rings. The molecule has 2 atom stereocenters. The van der Waals surface area contributed by atoms with Crippen molar-refractivity contribution in [2.24, 2.45) is 0 Å². The highest BCUT2D eigenvalue weighted by atomic mass is 35.5. The highest BCUT2D eigenvalue weighted by Gasteiger charge is 2.44. The van der Waals surface area contributed by atoms with Crippen LogP contribution in [0.1, 0.15) is 5.56 Å². The van der Waals surface area contributed by atoms with Crippen molar-refractivity contribution in [3.8, 4) is 0 Å². The van der Waals surface area contributed by atoms with Crippen LogP contribution in [0.25, 0.3) is 0 Å². The predicted octanol–water partition coefficient (Wildman–Crippen LogP) is 1.18. The molecule has 0 aliphatic carbocycles. The molecular weight excluding hydrogens is 358 g/mol. The molecule has 1 aromatic carbocycles. The van der Waals surface area contributed by atoms with Gasteiger partial charge in [0.25, 0.3) is 10.1 Å². The first-order valence-corrected chi connectivity index (χ1v) is 9.30. The van der Waals surface area contributed by atoms with Gasteiger partial charge in [0.2, 0.25) is 5.79 Å². The van der Waals surface area contributed by atoms with Crippen LogP contribution in [-0.2, 0) is 36.1 Å². The number of hydrogen-bond donors (Lipinski definition) is 0. The van der Waals surface area contributed by atoms with E-state index in [-0.39, 0.29) is 19.8 Å². The van der Waals surface area contributed by atoms with Crippen LogP contribution in [0.15, 0.2) is 36.9 Å². The van der Waals surface area contributed by atoms with E-state index in [1.807, 2.05) is 0 Å². The third-order valence-corrected chi connectivity index (χ3v) is 4.26. The second-order valence-electron chi connectivity index (χ2n) is 5.39. The normalized spacial score (nSPS) is 24.3. The van der Waals surface area contributed by atoms with Crippen LogP contribution in [-0.4, -0.2) is 48.8 Å². The molecule has 1 aromatic heterocycles. The van der Waals surface area contributed by atoms with Crippen LogP contribution in [0.5, 0.6) is 0 Å². The molecule has 2 heterocycles. The Bertz CT molecular complexity index is 781. The summed E-state index contributed by atoms with van der Waals surface area (Å²) in [6, 6.07) is 7.04. The Labute approximate surface area is 144 Å². The minimum atomic E-state index is -3.55. The van der Waals surface area contributed by atoms with Crippen molar-refractivity contribution < 1.29 is 22.1 Å². The van der Waals surface area contributed by atoms with Gasteiger partial charge in [-0.2, -0.15) is 13.5 Å². The number of rotatable bonds is 6. The molecule has 24 heavy (non-hydrogen) atoms. The number of hydrogen-bond acceptors (Lipinski definition) is 7. The SMILES string of the molecule is CS(=O)(=O)OCC1COC(Cn2cncn2)(c2ccc(Cl)cc2)O1. The summed E-state index contributed by atoms with van der Waals surface area (Å²) in [6.07, 6.45) is 3.42. The predicted molar refractivity (Wildman–Crippen MR) is 84.8 cm³/mol. The van der Waals surface area contributed by atoms with Crippen LogP contribution >= 0.6 is 11.6 Å². The van der Waals surface area contributed by atoms with Gasteiger partial charge in [0.1, 0.15) is 25.3 Å². The van der Waals surface area contributed by atoms with Crippen molar-refractivity contribution in [2.45, 2.75) is 18.4 Å². The summed E-state index contributed by atoms with van der Waals surface area (Å²) in [4.78, 5) is 3.91. The fourth-order valence-electron chi connectivity index (χ4n) is 2.40. The summed E-state index contributed by atoms with van der Waals surface area (Å²) in [5, 5.41) is 4.66. The molecule has 0 spiro atoms. The van der Waals surface area contributed by atoms with E-state index in [0.717, 1.165) is 11.8 Å². The fourth-order valence-corrected chi connectivity index (χ4v) is 2.93. The Morgan fingerprint density at radius 1 is 1.42 bits per heavy atom. The van der Waals surface area contributed by atoms with Crippen LogP contribution in [0.3, 0.4) is 0 Å². The lowest BCUT2D eigenvalue weighted by atomic mass is 10.1. The molecule has 0 saturated carbocycles. The molecule has 2 aromatic rings. The molecular formula is C14H16ClN3O5S. The minimum Gasteiger partial charge on any atom is -0.342 e. The standard InChI is InChI=1S/C14H16ClN3O5S/c1-24(19,20)22-7-13-6-21-14(23-13,8-18-10-16-9-17-18)11-2-4-12(15)5-3-11/h2-5,9-10,13H,6-8H2,1H3. The molecule has 0 radical (unpaired) electrons. The number of benzene rings is 1. The first kappa shape index (κ1) is 17.3. The summed E-state index contributed by atoms with van der Waals surface area (Å²) >= 11 is 5.94. The van der Waals surface area contributed by atoms with Crippen molar-refractivity contribution in [3.05, 3.63) is 47.5 Å². The average Bonchev–Trinajstić information content (AvgIpc) is 3.16. The second-order valence-corrected chi connectivity index (χ2v) is 7.47.